The highest BCUT2D eigenvalue weighted by Gasteiger charge is 2.11. The van der Waals surface area contributed by atoms with Crippen LogP contribution >= 0.6 is 0 Å². The van der Waals surface area contributed by atoms with Crippen LogP contribution in [-0.2, 0) is 6.54 Å². The number of hydrogen-bond donors (Lipinski definition) is 1. The fourth-order valence-corrected chi connectivity index (χ4v) is 2.13. The number of rotatable bonds is 3. The molecule has 1 fully saturated rings. The van der Waals surface area contributed by atoms with Gasteiger partial charge in [-0.15, -0.1) is 0 Å². The average molecular weight is 193 g/mol. The lowest BCUT2D eigenvalue weighted by molar-refractivity contribution is 0.408. The molecule has 0 radical (unpaired) electrons. The zero-order valence-electron chi connectivity index (χ0n) is 8.65. The van der Waals surface area contributed by atoms with Gasteiger partial charge in [0.25, 0.3) is 0 Å². The topological polar surface area (TPSA) is 29.9 Å². The fourth-order valence-electron chi connectivity index (χ4n) is 2.13. The maximum atomic E-state index is 4.06. The van der Waals surface area contributed by atoms with Gasteiger partial charge in [0.05, 0.1) is 6.33 Å². The van der Waals surface area contributed by atoms with Gasteiger partial charge in [-0.2, -0.15) is 0 Å². The van der Waals surface area contributed by atoms with Gasteiger partial charge in [0, 0.05) is 18.9 Å². The van der Waals surface area contributed by atoms with Crippen molar-refractivity contribution in [2.24, 2.45) is 5.92 Å². The first-order valence-electron chi connectivity index (χ1n) is 5.61. The van der Waals surface area contributed by atoms with Gasteiger partial charge >= 0.3 is 0 Å². The molecule has 1 aliphatic rings. The number of nitrogens with zero attached hydrogens (tertiary/aromatic N) is 2. The first kappa shape index (κ1) is 9.71. The highest BCUT2D eigenvalue weighted by atomic mass is 15.0. The van der Waals surface area contributed by atoms with Crippen LogP contribution in [-0.4, -0.2) is 22.6 Å². The van der Waals surface area contributed by atoms with Crippen LogP contribution < -0.4 is 5.32 Å². The lowest BCUT2D eigenvalue weighted by Crippen LogP contribution is -2.14. The van der Waals surface area contributed by atoms with Crippen LogP contribution in [0.3, 0.4) is 0 Å². The monoisotopic (exact) mass is 193 g/mol. The minimum atomic E-state index is 0.910. The number of nitrogens with one attached hydrogen (secondary N) is 1. The Bertz CT molecular complexity index is 235. The Balaban J connectivity index is 1.73. The molecule has 0 saturated carbocycles. The second kappa shape index (κ2) is 5.15. The second-order valence-corrected chi connectivity index (χ2v) is 4.14. The minimum Gasteiger partial charge on any atom is -0.337 e. The Labute approximate surface area is 85.5 Å². The minimum absolute atomic E-state index is 0.910. The molecule has 1 aromatic heterocycles. The number of hydrogen-bond acceptors (Lipinski definition) is 2. The standard InChI is InChI=1S/C11H19N3/c1-2-11(3-6-12-5-1)4-8-14-9-7-13-10-14/h7,9-12H,1-6,8H2. The zero-order chi connectivity index (χ0) is 9.64. The van der Waals surface area contributed by atoms with Crippen LogP contribution in [0.5, 0.6) is 0 Å². The van der Waals surface area contributed by atoms with Crippen molar-refractivity contribution in [3.8, 4) is 0 Å². The van der Waals surface area contributed by atoms with Crippen molar-refractivity contribution in [3.05, 3.63) is 18.7 Å². The van der Waals surface area contributed by atoms with Crippen molar-refractivity contribution in [2.75, 3.05) is 13.1 Å². The predicted octanol–water partition coefficient (Wildman–Crippen LogP) is 1.66. The smallest absolute Gasteiger partial charge is 0.0945 e. The van der Waals surface area contributed by atoms with Crippen molar-refractivity contribution in [1.29, 1.82) is 0 Å². The Hall–Kier alpha value is -0.830. The van der Waals surface area contributed by atoms with Gasteiger partial charge in [0.1, 0.15) is 0 Å². The number of aromatic nitrogens is 2. The van der Waals surface area contributed by atoms with Crippen molar-refractivity contribution in [3.63, 3.8) is 0 Å². The van der Waals surface area contributed by atoms with Gasteiger partial charge in [-0.3, -0.25) is 0 Å². The van der Waals surface area contributed by atoms with E-state index in [1.54, 1.807) is 0 Å². The van der Waals surface area contributed by atoms with E-state index in [1.807, 2.05) is 12.5 Å². The van der Waals surface area contributed by atoms with E-state index in [0.29, 0.717) is 0 Å². The maximum Gasteiger partial charge on any atom is 0.0945 e. The molecule has 1 aromatic rings. The molecule has 1 aliphatic heterocycles. The molecule has 3 heteroatoms. The van der Waals surface area contributed by atoms with E-state index in [1.165, 1.54) is 38.8 Å². The van der Waals surface area contributed by atoms with Crippen LogP contribution in [0, 0.1) is 5.92 Å². The third-order valence-corrected chi connectivity index (χ3v) is 3.05. The van der Waals surface area contributed by atoms with E-state index in [-0.39, 0.29) is 0 Å². The van der Waals surface area contributed by atoms with Crippen LogP contribution in [0.4, 0.5) is 0 Å². The molecule has 0 aliphatic carbocycles. The van der Waals surface area contributed by atoms with E-state index in [9.17, 15) is 0 Å². The molecule has 2 rings (SSSR count). The van der Waals surface area contributed by atoms with Gasteiger partial charge in [0.15, 0.2) is 0 Å². The van der Waals surface area contributed by atoms with Crippen molar-refractivity contribution < 1.29 is 0 Å². The molecule has 0 amide bonds. The third-order valence-electron chi connectivity index (χ3n) is 3.05. The molecule has 0 aromatic carbocycles. The first-order valence-corrected chi connectivity index (χ1v) is 5.61. The molecule has 1 saturated heterocycles. The summed E-state index contributed by atoms with van der Waals surface area (Å²) < 4.78 is 2.18. The van der Waals surface area contributed by atoms with Crippen molar-refractivity contribution in [2.45, 2.75) is 32.2 Å². The summed E-state index contributed by atoms with van der Waals surface area (Å²) in [6.07, 6.45) is 11.2. The Morgan fingerprint density at radius 3 is 3.21 bits per heavy atom. The van der Waals surface area contributed by atoms with Gasteiger partial charge in [-0.1, -0.05) is 0 Å². The third kappa shape index (κ3) is 2.84. The molecular weight excluding hydrogens is 174 g/mol. The van der Waals surface area contributed by atoms with E-state index >= 15 is 0 Å². The molecule has 0 spiro atoms. The second-order valence-electron chi connectivity index (χ2n) is 4.14. The highest BCUT2D eigenvalue weighted by Crippen LogP contribution is 2.17. The van der Waals surface area contributed by atoms with Gasteiger partial charge < -0.3 is 9.88 Å². The van der Waals surface area contributed by atoms with Crippen LogP contribution in [0.15, 0.2) is 18.7 Å². The summed E-state index contributed by atoms with van der Waals surface area (Å²) in [5, 5.41) is 3.45. The Kier molecular flexibility index (Phi) is 3.57. The first-order chi connectivity index (χ1) is 6.95. The number of aryl methyl sites for hydroxylation is 1. The summed E-state index contributed by atoms with van der Waals surface area (Å²) >= 11 is 0. The van der Waals surface area contributed by atoms with E-state index < -0.39 is 0 Å². The molecule has 78 valence electrons. The molecule has 1 N–H and O–H groups in total. The van der Waals surface area contributed by atoms with Crippen molar-refractivity contribution >= 4 is 0 Å². The zero-order valence-corrected chi connectivity index (χ0v) is 8.65. The molecule has 1 atom stereocenters. The summed E-state index contributed by atoms with van der Waals surface area (Å²) in [6.45, 7) is 3.54. The van der Waals surface area contributed by atoms with Gasteiger partial charge in [0.2, 0.25) is 0 Å². The summed E-state index contributed by atoms with van der Waals surface area (Å²) in [5.74, 6) is 0.910. The fraction of sp³-hybridized carbons (Fsp3) is 0.727. The predicted molar refractivity (Wildman–Crippen MR) is 57.1 cm³/mol. The van der Waals surface area contributed by atoms with Crippen LogP contribution in [0.1, 0.15) is 25.7 Å². The van der Waals surface area contributed by atoms with Crippen molar-refractivity contribution in [1.82, 2.24) is 14.9 Å². The van der Waals surface area contributed by atoms with E-state index in [2.05, 4.69) is 21.1 Å². The summed E-state index contributed by atoms with van der Waals surface area (Å²) in [6, 6.07) is 0. The molecule has 14 heavy (non-hydrogen) atoms. The summed E-state index contributed by atoms with van der Waals surface area (Å²) in [4.78, 5) is 4.06. The largest absolute Gasteiger partial charge is 0.337 e. The van der Waals surface area contributed by atoms with Gasteiger partial charge in [-0.25, -0.2) is 4.98 Å². The lowest BCUT2D eigenvalue weighted by atomic mass is 9.97. The van der Waals surface area contributed by atoms with Crippen LogP contribution in [0.2, 0.25) is 0 Å². The lowest BCUT2D eigenvalue weighted by Gasteiger charge is -2.13. The average Bonchev–Trinajstić information content (AvgIpc) is 2.58. The van der Waals surface area contributed by atoms with Gasteiger partial charge in [-0.05, 0) is 44.7 Å². The summed E-state index contributed by atoms with van der Waals surface area (Å²) in [5.41, 5.74) is 0. The van der Waals surface area contributed by atoms with Crippen LogP contribution in [0.25, 0.3) is 0 Å². The normalized spacial score (nSPS) is 23.3. The maximum absolute atomic E-state index is 4.06. The molecular formula is C11H19N3. The molecule has 2 heterocycles. The highest BCUT2D eigenvalue weighted by molar-refractivity contribution is 4.75. The van der Waals surface area contributed by atoms with E-state index in [0.717, 1.165) is 12.5 Å². The molecule has 1 unspecified atom stereocenters. The Morgan fingerprint density at radius 2 is 2.36 bits per heavy atom. The van der Waals surface area contributed by atoms with E-state index in [4.69, 9.17) is 0 Å². The Morgan fingerprint density at radius 1 is 1.36 bits per heavy atom. The summed E-state index contributed by atoms with van der Waals surface area (Å²) in [7, 11) is 0. The molecule has 3 nitrogen and oxygen atoms in total. The number of imidazole rings is 1. The SMILES string of the molecule is c1cn(CCC2CCCNCC2)cn1. The molecule has 0 bridgehead atoms. The quantitative estimate of drug-likeness (QED) is 0.791.